The van der Waals surface area contributed by atoms with Crippen molar-refractivity contribution in [1.82, 2.24) is 9.97 Å². The zero-order valence-electron chi connectivity index (χ0n) is 9.63. The maximum atomic E-state index is 6.61. The van der Waals surface area contributed by atoms with Crippen molar-refractivity contribution in [3.63, 3.8) is 0 Å². The maximum Gasteiger partial charge on any atom is 0.115 e. The summed E-state index contributed by atoms with van der Waals surface area (Å²) in [5, 5.41) is 0. The highest BCUT2D eigenvalue weighted by Gasteiger charge is 2.34. The third kappa shape index (κ3) is 1.63. The van der Waals surface area contributed by atoms with Gasteiger partial charge >= 0.3 is 0 Å². The molecule has 1 atom stereocenters. The Labute approximate surface area is 101 Å². The normalized spacial score (nSPS) is 23.1. The van der Waals surface area contributed by atoms with Crippen LogP contribution in [0.2, 0.25) is 0 Å². The van der Waals surface area contributed by atoms with Crippen molar-refractivity contribution >= 4 is 0 Å². The Kier molecular flexibility index (Phi) is 2.41. The molecular weight excluding hydrogens is 210 g/mol. The van der Waals surface area contributed by atoms with Crippen LogP contribution in [0, 0.1) is 0 Å². The zero-order chi connectivity index (χ0) is 11.7. The molecule has 17 heavy (non-hydrogen) atoms. The highest BCUT2D eigenvalue weighted by molar-refractivity contribution is 5.42. The molecule has 0 bridgehead atoms. The summed E-state index contributed by atoms with van der Waals surface area (Å²) in [6.45, 7) is 0. The van der Waals surface area contributed by atoms with Gasteiger partial charge in [0, 0.05) is 18.0 Å². The number of aryl methyl sites for hydroxylation is 1. The van der Waals surface area contributed by atoms with Crippen molar-refractivity contribution in [2.24, 2.45) is 5.73 Å². The van der Waals surface area contributed by atoms with Gasteiger partial charge in [-0.1, -0.05) is 24.3 Å². The highest BCUT2D eigenvalue weighted by Crippen LogP contribution is 2.37. The maximum absolute atomic E-state index is 6.61. The number of hydrogen-bond acceptors (Lipinski definition) is 3. The zero-order valence-corrected chi connectivity index (χ0v) is 9.63. The second-order valence-electron chi connectivity index (χ2n) is 4.61. The SMILES string of the molecule is NC1(c2cncnc2)CCCc2ccccc21. The van der Waals surface area contributed by atoms with E-state index in [0.29, 0.717) is 0 Å². The lowest BCUT2D eigenvalue weighted by molar-refractivity contribution is 0.440. The van der Waals surface area contributed by atoms with Crippen LogP contribution in [0.15, 0.2) is 43.0 Å². The number of hydrogen-bond donors (Lipinski definition) is 1. The Morgan fingerprint density at radius 2 is 1.88 bits per heavy atom. The molecule has 0 aliphatic heterocycles. The third-order valence-corrected chi connectivity index (χ3v) is 3.59. The van der Waals surface area contributed by atoms with Crippen molar-refractivity contribution in [3.05, 3.63) is 59.7 Å². The molecule has 3 nitrogen and oxygen atoms in total. The summed E-state index contributed by atoms with van der Waals surface area (Å²) < 4.78 is 0. The molecule has 0 radical (unpaired) electrons. The second kappa shape index (κ2) is 3.93. The van der Waals surface area contributed by atoms with Gasteiger partial charge in [0.05, 0.1) is 5.54 Å². The van der Waals surface area contributed by atoms with Crippen LogP contribution < -0.4 is 5.73 Å². The molecule has 0 spiro atoms. The minimum absolute atomic E-state index is 0.421. The quantitative estimate of drug-likeness (QED) is 0.807. The summed E-state index contributed by atoms with van der Waals surface area (Å²) in [5.74, 6) is 0. The van der Waals surface area contributed by atoms with E-state index in [0.717, 1.165) is 24.8 Å². The fraction of sp³-hybridized carbons (Fsp3) is 0.286. The van der Waals surface area contributed by atoms with E-state index in [1.807, 2.05) is 12.4 Å². The van der Waals surface area contributed by atoms with E-state index in [2.05, 4.69) is 34.2 Å². The molecule has 1 aromatic carbocycles. The van der Waals surface area contributed by atoms with Gasteiger partial charge in [0.1, 0.15) is 6.33 Å². The predicted molar refractivity (Wildman–Crippen MR) is 66.4 cm³/mol. The largest absolute Gasteiger partial charge is 0.318 e. The number of nitrogens with zero attached hydrogens (tertiary/aromatic N) is 2. The Morgan fingerprint density at radius 3 is 2.71 bits per heavy atom. The molecule has 1 unspecified atom stereocenters. The molecule has 0 fully saturated rings. The van der Waals surface area contributed by atoms with Crippen LogP contribution in [-0.4, -0.2) is 9.97 Å². The first-order chi connectivity index (χ1) is 8.31. The van der Waals surface area contributed by atoms with Gasteiger partial charge in [-0.2, -0.15) is 0 Å². The summed E-state index contributed by atoms with van der Waals surface area (Å²) in [6, 6.07) is 8.42. The van der Waals surface area contributed by atoms with Crippen LogP contribution in [0.1, 0.15) is 29.5 Å². The van der Waals surface area contributed by atoms with Gasteiger partial charge in [0.2, 0.25) is 0 Å². The fourth-order valence-corrected chi connectivity index (χ4v) is 2.70. The van der Waals surface area contributed by atoms with E-state index in [9.17, 15) is 0 Å². The minimum Gasteiger partial charge on any atom is -0.318 e. The van der Waals surface area contributed by atoms with E-state index in [4.69, 9.17) is 5.73 Å². The van der Waals surface area contributed by atoms with Gasteiger partial charge in [0.25, 0.3) is 0 Å². The van der Waals surface area contributed by atoms with Gasteiger partial charge in [0.15, 0.2) is 0 Å². The molecule has 1 aliphatic rings. The van der Waals surface area contributed by atoms with Crippen molar-refractivity contribution in [1.29, 1.82) is 0 Å². The van der Waals surface area contributed by atoms with Gasteiger partial charge in [-0.3, -0.25) is 0 Å². The molecule has 0 saturated heterocycles. The molecule has 1 aliphatic carbocycles. The smallest absolute Gasteiger partial charge is 0.115 e. The Bertz CT molecular complexity index is 524. The second-order valence-corrected chi connectivity index (χ2v) is 4.61. The van der Waals surface area contributed by atoms with Crippen LogP contribution in [0.3, 0.4) is 0 Å². The summed E-state index contributed by atoms with van der Waals surface area (Å²) in [5.41, 5.74) is 9.77. The summed E-state index contributed by atoms with van der Waals surface area (Å²) >= 11 is 0. The Morgan fingerprint density at radius 1 is 1.12 bits per heavy atom. The molecule has 3 rings (SSSR count). The lowest BCUT2D eigenvalue weighted by Crippen LogP contribution is -2.41. The molecule has 1 aromatic heterocycles. The average molecular weight is 225 g/mol. The highest BCUT2D eigenvalue weighted by atomic mass is 14.8. The van der Waals surface area contributed by atoms with Gasteiger partial charge < -0.3 is 5.73 Å². The van der Waals surface area contributed by atoms with Crippen LogP contribution in [0.5, 0.6) is 0 Å². The van der Waals surface area contributed by atoms with Crippen LogP contribution in [0.25, 0.3) is 0 Å². The third-order valence-electron chi connectivity index (χ3n) is 3.59. The van der Waals surface area contributed by atoms with Crippen molar-refractivity contribution < 1.29 is 0 Å². The first-order valence-corrected chi connectivity index (χ1v) is 5.93. The van der Waals surface area contributed by atoms with E-state index >= 15 is 0 Å². The number of aromatic nitrogens is 2. The standard InChI is InChI=1S/C14H15N3/c15-14(12-8-16-10-17-9-12)7-3-5-11-4-1-2-6-13(11)14/h1-2,4,6,8-10H,3,5,7,15H2. The van der Waals surface area contributed by atoms with Crippen LogP contribution >= 0.6 is 0 Å². The van der Waals surface area contributed by atoms with E-state index < -0.39 is 5.54 Å². The first-order valence-electron chi connectivity index (χ1n) is 5.93. The van der Waals surface area contributed by atoms with Gasteiger partial charge in [-0.25, -0.2) is 9.97 Å². The number of rotatable bonds is 1. The lowest BCUT2D eigenvalue weighted by Gasteiger charge is -2.35. The summed E-state index contributed by atoms with van der Waals surface area (Å²) in [4.78, 5) is 8.17. The van der Waals surface area contributed by atoms with E-state index in [1.54, 1.807) is 6.33 Å². The van der Waals surface area contributed by atoms with Crippen LogP contribution in [-0.2, 0) is 12.0 Å². The molecule has 0 saturated carbocycles. The average Bonchev–Trinajstić information content (AvgIpc) is 2.40. The van der Waals surface area contributed by atoms with E-state index in [-0.39, 0.29) is 0 Å². The minimum atomic E-state index is -0.421. The molecule has 2 aromatic rings. The molecule has 2 N–H and O–H groups in total. The molecule has 0 amide bonds. The molecule has 86 valence electrons. The van der Waals surface area contributed by atoms with Crippen LogP contribution in [0.4, 0.5) is 0 Å². The Balaban J connectivity index is 2.16. The first kappa shape index (κ1) is 10.4. The van der Waals surface area contributed by atoms with E-state index in [1.165, 1.54) is 11.1 Å². The van der Waals surface area contributed by atoms with Gasteiger partial charge in [-0.15, -0.1) is 0 Å². The Hall–Kier alpha value is -1.74. The predicted octanol–water partition coefficient (Wildman–Crippen LogP) is 2.02. The number of fused-ring (bicyclic) bond motifs is 1. The molecule has 3 heteroatoms. The lowest BCUT2D eigenvalue weighted by atomic mass is 9.74. The molecule has 1 heterocycles. The summed E-state index contributed by atoms with van der Waals surface area (Å²) in [7, 11) is 0. The topological polar surface area (TPSA) is 51.8 Å². The van der Waals surface area contributed by atoms with Crippen molar-refractivity contribution in [3.8, 4) is 0 Å². The number of nitrogens with two attached hydrogens (primary N) is 1. The van der Waals surface area contributed by atoms with Crippen molar-refractivity contribution in [2.45, 2.75) is 24.8 Å². The summed E-state index contributed by atoms with van der Waals surface area (Å²) in [6.07, 6.45) is 8.38. The molecular formula is C14H15N3. The number of benzene rings is 1. The monoisotopic (exact) mass is 225 g/mol. The van der Waals surface area contributed by atoms with Crippen molar-refractivity contribution in [2.75, 3.05) is 0 Å². The fourth-order valence-electron chi connectivity index (χ4n) is 2.70. The van der Waals surface area contributed by atoms with Gasteiger partial charge in [-0.05, 0) is 30.4 Å².